The molecule has 0 spiro atoms. The van der Waals surface area contributed by atoms with Crippen LogP contribution in [0.25, 0.3) is 0 Å². The Kier molecular flexibility index (Phi) is 4.27. The summed E-state index contributed by atoms with van der Waals surface area (Å²) in [7, 11) is 1.66. The highest BCUT2D eigenvalue weighted by Gasteiger charge is 2.27. The molecule has 2 heterocycles. The molecule has 0 aliphatic carbocycles. The Morgan fingerprint density at radius 1 is 1.43 bits per heavy atom. The maximum Gasteiger partial charge on any atom is 0.224 e. The van der Waals surface area contributed by atoms with Crippen LogP contribution in [-0.2, 0) is 17.8 Å². The van der Waals surface area contributed by atoms with Gasteiger partial charge in [-0.2, -0.15) is 0 Å². The number of hydrogen-bond donors (Lipinski definition) is 0. The van der Waals surface area contributed by atoms with Gasteiger partial charge in [0.05, 0.1) is 19.7 Å². The van der Waals surface area contributed by atoms with Crippen LogP contribution in [0.4, 0.5) is 0 Å². The van der Waals surface area contributed by atoms with Crippen molar-refractivity contribution < 1.29 is 9.53 Å². The van der Waals surface area contributed by atoms with E-state index >= 15 is 0 Å². The lowest BCUT2D eigenvalue weighted by Crippen LogP contribution is -2.39. The van der Waals surface area contributed by atoms with Gasteiger partial charge >= 0.3 is 0 Å². The van der Waals surface area contributed by atoms with Crippen molar-refractivity contribution in [1.82, 2.24) is 25.1 Å². The van der Waals surface area contributed by atoms with Crippen molar-refractivity contribution in [3.05, 3.63) is 35.2 Å². The predicted molar refractivity (Wildman–Crippen MR) is 84.0 cm³/mol. The molecule has 1 aliphatic heterocycles. The van der Waals surface area contributed by atoms with Gasteiger partial charge in [-0.15, -0.1) is 5.10 Å². The highest BCUT2D eigenvalue weighted by Crippen LogP contribution is 2.32. The zero-order valence-corrected chi connectivity index (χ0v) is 13.7. The fourth-order valence-corrected chi connectivity index (χ4v) is 3.06. The summed E-state index contributed by atoms with van der Waals surface area (Å²) in [6.45, 7) is 5.15. The first-order valence-electron chi connectivity index (χ1n) is 7.79. The molecule has 0 saturated heterocycles. The van der Waals surface area contributed by atoms with Gasteiger partial charge in [-0.3, -0.25) is 4.79 Å². The van der Waals surface area contributed by atoms with E-state index in [4.69, 9.17) is 4.74 Å². The Labute approximate surface area is 135 Å². The van der Waals surface area contributed by atoms with Gasteiger partial charge in [0.2, 0.25) is 5.91 Å². The van der Waals surface area contributed by atoms with Crippen molar-refractivity contribution in [2.24, 2.45) is 0 Å². The van der Waals surface area contributed by atoms with Gasteiger partial charge in [-0.05, 0) is 54.0 Å². The number of tetrazole rings is 1. The largest absolute Gasteiger partial charge is 0.497 e. The molecular weight excluding hydrogens is 294 g/mol. The van der Waals surface area contributed by atoms with E-state index in [1.807, 2.05) is 24.0 Å². The van der Waals surface area contributed by atoms with E-state index in [-0.39, 0.29) is 11.9 Å². The third-order valence-corrected chi connectivity index (χ3v) is 4.46. The molecule has 23 heavy (non-hydrogen) atoms. The third-order valence-electron chi connectivity index (χ3n) is 4.46. The molecule has 122 valence electrons. The molecule has 0 fully saturated rings. The van der Waals surface area contributed by atoms with E-state index in [1.165, 1.54) is 11.1 Å². The van der Waals surface area contributed by atoms with Crippen LogP contribution in [0.15, 0.2) is 18.2 Å². The molecule has 7 nitrogen and oxygen atoms in total. The van der Waals surface area contributed by atoms with Crippen LogP contribution in [0.3, 0.4) is 0 Å². The maximum absolute atomic E-state index is 12.6. The molecule has 1 aliphatic rings. The number of carbonyl (C=O) groups excluding carboxylic acids is 1. The lowest BCUT2D eigenvalue weighted by molar-refractivity contribution is -0.134. The van der Waals surface area contributed by atoms with Gasteiger partial charge < -0.3 is 9.64 Å². The summed E-state index contributed by atoms with van der Waals surface area (Å²) < 4.78 is 6.96. The molecule has 2 aromatic rings. The summed E-state index contributed by atoms with van der Waals surface area (Å²) in [5.41, 5.74) is 2.46. The summed E-state index contributed by atoms with van der Waals surface area (Å²) in [4.78, 5) is 14.5. The fourth-order valence-electron chi connectivity index (χ4n) is 3.06. The van der Waals surface area contributed by atoms with E-state index < -0.39 is 0 Å². The number of fused-ring (bicyclic) bond motifs is 1. The van der Waals surface area contributed by atoms with Crippen LogP contribution in [-0.4, -0.2) is 44.7 Å². The highest BCUT2D eigenvalue weighted by atomic mass is 16.5. The fraction of sp³-hybridized carbons (Fsp3) is 0.500. The standard InChI is InChI=1S/C16H21N5O2/c1-11-15-10-14(23-3)5-4-13(15)6-8-20(11)16(22)7-9-21-12(2)17-18-19-21/h4-5,10-11H,6-9H2,1-3H3. The molecule has 1 atom stereocenters. The third kappa shape index (κ3) is 3.04. The van der Waals surface area contributed by atoms with Gasteiger partial charge in [-0.25, -0.2) is 4.68 Å². The van der Waals surface area contributed by atoms with Gasteiger partial charge in [0.15, 0.2) is 0 Å². The molecule has 0 saturated carbocycles. The first-order valence-corrected chi connectivity index (χ1v) is 7.79. The monoisotopic (exact) mass is 315 g/mol. The number of nitrogens with zero attached hydrogens (tertiary/aromatic N) is 5. The van der Waals surface area contributed by atoms with Crippen LogP contribution in [0.1, 0.15) is 36.3 Å². The van der Waals surface area contributed by atoms with Crippen LogP contribution in [0, 0.1) is 6.92 Å². The lowest BCUT2D eigenvalue weighted by atomic mass is 9.93. The lowest BCUT2D eigenvalue weighted by Gasteiger charge is -2.35. The van der Waals surface area contributed by atoms with E-state index in [9.17, 15) is 4.79 Å². The number of rotatable bonds is 4. The van der Waals surface area contributed by atoms with Crippen molar-refractivity contribution in [3.8, 4) is 5.75 Å². The second-order valence-electron chi connectivity index (χ2n) is 5.78. The number of methoxy groups -OCH3 is 1. The molecular formula is C16H21N5O2. The summed E-state index contributed by atoms with van der Waals surface area (Å²) >= 11 is 0. The summed E-state index contributed by atoms with van der Waals surface area (Å²) in [5.74, 6) is 1.68. The van der Waals surface area contributed by atoms with E-state index in [2.05, 4.69) is 28.5 Å². The normalized spacial score (nSPS) is 17.0. The molecule has 1 unspecified atom stereocenters. The van der Waals surface area contributed by atoms with Crippen molar-refractivity contribution >= 4 is 5.91 Å². The average Bonchev–Trinajstić information content (AvgIpc) is 2.98. The van der Waals surface area contributed by atoms with Gasteiger partial charge in [0.1, 0.15) is 11.6 Å². The number of aryl methyl sites for hydroxylation is 2. The summed E-state index contributed by atoms with van der Waals surface area (Å²) in [6.07, 6.45) is 1.27. The molecule has 1 aromatic carbocycles. The van der Waals surface area contributed by atoms with Gasteiger partial charge in [0, 0.05) is 13.0 Å². The van der Waals surface area contributed by atoms with Gasteiger partial charge in [-0.1, -0.05) is 6.07 Å². The maximum atomic E-state index is 12.6. The SMILES string of the molecule is COc1ccc2c(c1)C(C)N(C(=O)CCn1nnnc1C)CC2. The Balaban J connectivity index is 1.71. The Bertz CT molecular complexity index is 712. The van der Waals surface area contributed by atoms with E-state index in [0.29, 0.717) is 13.0 Å². The Hall–Kier alpha value is -2.44. The minimum atomic E-state index is 0.0521. The van der Waals surface area contributed by atoms with Crippen LogP contribution >= 0.6 is 0 Å². The number of aromatic nitrogens is 4. The first kappa shape index (κ1) is 15.5. The molecule has 0 bridgehead atoms. The van der Waals surface area contributed by atoms with Gasteiger partial charge in [0.25, 0.3) is 0 Å². The Morgan fingerprint density at radius 3 is 2.96 bits per heavy atom. The highest BCUT2D eigenvalue weighted by molar-refractivity contribution is 5.77. The Morgan fingerprint density at radius 2 is 2.26 bits per heavy atom. The van der Waals surface area contributed by atoms with Crippen LogP contribution < -0.4 is 4.74 Å². The minimum Gasteiger partial charge on any atom is -0.497 e. The topological polar surface area (TPSA) is 73.1 Å². The molecule has 1 aromatic heterocycles. The average molecular weight is 315 g/mol. The predicted octanol–water partition coefficient (Wildman–Crippen LogP) is 1.53. The van der Waals surface area contributed by atoms with Crippen LogP contribution in [0.2, 0.25) is 0 Å². The van der Waals surface area contributed by atoms with Crippen molar-refractivity contribution in [3.63, 3.8) is 0 Å². The number of hydrogen-bond acceptors (Lipinski definition) is 5. The van der Waals surface area contributed by atoms with Crippen molar-refractivity contribution in [2.75, 3.05) is 13.7 Å². The van der Waals surface area contributed by atoms with Crippen molar-refractivity contribution in [1.29, 1.82) is 0 Å². The number of ether oxygens (including phenoxy) is 1. The first-order chi connectivity index (χ1) is 11.1. The zero-order valence-electron chi connectivity index (χ0n) is 13.7. The molecule has 7 heteroatoms. The van der Waals surface area contributed by atoms with Crippen LogP contribution in [0.5, 0.6) is 5.75 Å². The second kappa shape index (κ2) is 6.36. The number of carbonyl (C=O) groups is 1. The summed E-state index contributed by atoms with van der Waals surface area (Å²) in [5, 5.41) is 11.3. The number of amides is 1. The molecule has 1 amide bonds. The van der Waals surface area contributed by atoms with E-state index in [0.717, 1.165) is 24.5 Å². The quantitative estimate of drug-likeness (QED) is 0.855. The molecule has 0 radical (unpaired) electrons. The van der Waals surface area contributed by atoms with E-state index in [1.54, 1.807) is 11.8 Å². The molecule has 3 rings (SSSR count). The minimum absolute atomic E-state index is 0.0521. The smallest absolute Gasteiger partial charge is 0.224 e. The number of benzene rings is 1. The zero-order chi connectivity index (χ0) is 16.4. The van der Waals surface area contributed by atoms with Crippen molar-refractivity contribution in [2.45, 2.75) is 39.3 Å². The second-order valence-corrected chi connectivity index (χ2v) is 5.78. The molecule has 0 N–H and O–H groups in total. The summed E-state index contributed by atoms with van der Waals surface area (Å²) in [6, 6.07) is 6.15.